The van der Waals surface area contributed by atoms with Crippen LogP contribution in [0.3, 0.4) is 0 Å². The molecule has 1 unspecified atom stereocenters. The largest absolute Gasteiger partial charge is 0.497 e. The molecule has 0 radical (unpaired) electrons. The van der Waals surface area contributed by atoms with Crippen LogP contribution in [0, 0.1) is 0 Å². The second-order valence-corrected chi connectivity index (χ2v) is 4.41. The highest BCUT2D eigenvalue weighted by Crippen LogP contribution is 2.29. The van der Waals surface area contributed by atoms with Crippen molar-refractivity contribution in [3.8, 4) is 5.75 Å². The smallest absolute Gasteiger partial charge is 0.120 e. The van der Waals surface area contributed by atoms with Crippen LogP contribution in [-0.2, 0) is 0 Å². The molecule has 16 heavy (non-hydrogen) atoms. The van der Waals surface area contributed by atoms with E-state index in [-0.39, 0.29) is 6.04 Å². The van der Waals surface area contributed by atoms with Crippen LogP contribution in [0.15, 0.2) is 18.2 Å². The van der Waals surface area contributed by atoms with Crippen molar-refractivity contribution in [2.24, 2.45) is 5.73 Å². The Hall–Kier alpha value is -0.930. The number of methoxy groups -OCH3 is 1. The van der Waals surface area contributed by atoms with Crippen LogP contribution in [0.25, 0.3) is 0 Å². The predicted molar refractivity (Wildman–Crippen MR) is 69.5 cm³/mol. The van der Waals surface area contributed by atoms with Crippen molar-refractivity contribution in [2.75, 3.05) is 25.6 Å². The predicted octanol–water partition coefficient (Wildman–Crippen LogP) is 2.52. The highest BCUT2D eigenvalue weighted by atomic mass is 35.5. The van der Waals surface area contributed by atoms with Gasteiger partial charge in [-0.1, -0.05) is 11.6 Å². The van der Waals surface area contributed by atoms with E-state index in [1.165, 1.54) is 0 Å². The van der Waals surface area contributed by atoms with E-state index in [4.69, 9.17) is 22.1 Å². The fourth-order valence-electron chi connectivity index (χ4n) is 1.44. The van der Waals surface area contributed by atoms with Gasteiger partial charge in [-0.2, -0.15) is 0 Å². The van der Waals surface area contributed by atoms with Gasteiger partial charge in [-0.05, 0) is 25.5 Å². The molecule has 4 heteroatoms. The lowest BCUT2D eigenvalue weighted by Crippen LogP contribution is -2.25. The minimum atomic E-state index is 0.208. The SMILES string of the molecule is COc1ccc(N(C)CCC(C)N)c(Cl)c1. The Morgan fingerprint density at radius 3 is 2.69 bits per heavy atom. The summed E-state index contributed by atoms with van der Waals surface area (Å²) in [5.41, 5.74) is 6.73. The van der Waals surface area contributed by atoms with Gasteiger partial charge in [0.15, 0.2) is 0 Å². The Balaban J connectivity index is 2.71. The van der Waals surface area contributed by atoms with Crippen LogP contribution in [0.5, 0.6) is 5.75 Å². The first-order chi connectivity index (χ1) is 7.54. The van der Waals surface area contributed by atoms with Crippen molar-refractivity contribution in [3.63, 3.8) is 0 Å². The molecule has 90 valence electrons. The Kier molecular flexibility index (Phi) is 4.90. The van der Waals surface area contributed by atoms with Gasteiger partial charge < -0.3 is 15.4 Å². The number of hydrogen-bond donors (Lipinski definition) is 1. The van der Waals surface area contributed by atoms with Gasteiger partial charge in [0.25, 0.3) is 0 Å². The highest BCUT2D eigenvalue weighted by Gasteiger charge is 2.07. The highest BCUT2D eigenvalue weighted by molar-refractivity contribution is 6.33. The topological polar surface area (TPSA) is 38.5 Å². The average Bonchev–Trinajstić information content (AvgIpc) is 2.25. The van der Waals surface area contributed by atoms with Gasteiger partial charge in [-0.25, -0.2) is 0 Å². The molecule has 1 atom stereocenters. The van der Waals surface area contributed by atoms with E-state index in [2.05, 4.69) is 4.90 Å². The first-order valence-electron chi connectivity index (χ1n) is 5.35. The lowest BCUT2D eigenvalue weighted by Gasteiger charge is -2.21. The molecule has 0 spiro atoms. The number of anilines is 1. The fraction of sp³-hybridized carbons (Fsp3) is 0.500. The van der Waals surface area contributed by atoms with E-state index < -0.39 is 0 Å². The summed E-state index contributed by atoms with van der Waals surface area (Å²) in [6.45, 7) is 2.90. The van der Waals surface area contributed by atoms with E-state index in [0.717, 1.165) is 24.4 Å². The fourth-order valence-corrected chi connectivity index (χ4v) is 1.76. The second kappa shape index (κ2) is 5.97. The maximum atomic E-state index is 6.17. The van der Waals surface area contributed by atoms with Gasteiger partial charge in [0, 0.05) is 25.7 Å². The Labute approximate surface area is 102 Å². The molecule has 0 aliphatic rings. The van der Waals surface area contributed by atoms with Crippen LogP contribution in [0.4, 0.5) is 5.69 Å². The van der Waals surface area contributed by atoms with Crippen molar-refractivity contribution in [3.05, 3.63) is 23.2 Å². The van der Waals surface area contributed by atoms with Crippen molar-refractivity contribution < 1.29 is 4.74 Å². The first-order valence-corrected chi connectivity index (χ1v) is 5.72. The zero-order valence-electron chi connectivity index (χ0n) is 10.0. The third-order valence-corrected chi connectivity index (χ3v) is 2.79. The second-order valence-electron chi connectivity index (χ2n) is 4.00. The summed E-state index contributed by atoms with van der Waals surface area (Å²) in [5.74, 6) is 0.773. The normalized spacial score (nSPS) is 12.3. The molecule has 0 saturated heterocycles. The Morgan fingerprint density at radius 2 is 2.19 bits per heavy atom. The number of halogens is 1. The van der Waals surface area contributed by atoms with Gasteiger partial charge in [0.2, 0.25) is 0 Å². The van der Waals surface area contributed by atoms with Crippen LogP contribution in [0.2, 0.25) is 5.02 Å². The molecule has 1 rings (SSSR count). The quantitative estimate of drug-likeness (QED) is 0.863. The number of hydrogen-bond acceptors (Lipinski definition) is 3. The van der Waals surface area contributed by atoms with Gasteiger partial charge in [0.1, 0.15) is 5.75 Å². The van der Waals surface area contributed by atoms with Crippen LogP contribution in [0.1, 0.15) is 13.3 Å². The van der Waals surface area contributed by atoms with E-state index >= 15 is 0 Å². The third-order valence-electron chi connectivity index (χ3n) is 2.49. The molecule has 1 aromatic rings. The first kappa shape index (κ1) is 13.1. The molecule has 2 N–H and O–H groups in total. The minimum Gasteiger partial charge on any atom is -0.497 e. The number of ether oxygens (including phenoxy) is 1. The summed E-state index contributed by atoms with van der Waals surface area (Å²) in [5, 5.41) is 0.700. The molecule has 0 aliphatic carbocycles. The van der Waals surface area contributed by atoms with Crippen molar-refractivity contribution in [1.29, 1.82) is 0 Å². The lowest BCUT2D eigenvalue weighted by molar-refractivity contribution is 0.415. The molecule has 0 fully saturated rings. The van der Waals surface area contributed by atoms with E-state index in [0.29, 0.717) is 5.02 Å². The van der Waals surface area contributed by atoms with Crippen LogP contribution in [-0.4, -0.2) is 26.7 Å². The molecule has 0 bridgehead atoms. The van der Waals surface area contributed by atoms with Gasteiger partial charge in [-0.3, -0.25) is 0 Å². The molecular weight excluding hydrogens is 224 g/mol. The Morgan fingerprint density at radius 1 is 1.50 bits per heavy atom. The molecular formula is C12H19ClN2O. The lowest BCUT2D eigenvalue weighted by atomic mass is 10.2. The van der Waals surface area contributed by atoms with Gasteiger partial charge >= 0.3 is 0 Å². The average molecular weight is 243 g/mol. The molecule has 0 heterocycles. The van der Waals surface area contributed by atoms with E-state index in [9.17, 15) is 0 Å². The van der Waals surface area contributed by atoms with Gasteiger partial charge in [0.05, 0.1) is 17.8 Å². The molecule has 0 amide bonds. The number of nitrogens with zero attached hydrogens (tertiary/aromatic N) is 1. The summed E-state index contributed by atoms with van der Waals surface area (Å²) in [6, 6.07) is 5.89. The van der Waals surface area contributed by atoms with Crippen molar-refractivity contribution in [2.45, 2.75) is 19.4 Å². The zero-order valence-corrected chi connectivity index (χ0v) is 10.8. The molecule has 1 aromatic carbocycles. The summed E-state index contributed by atoms with van der Waals surface area (Å²) in [4.78, 5) is 2.10. The van der Waals surface area contributed by atoms with Crippen LogP contribution >= 0.6 is 11.6 Å². The summed E-state index contributed by atoms with van der Waals surface area (Å²) in [6.07, 6.45) is 0.943. The van der Waals surface area contributed by atoms with Gasteiger partial charge in [-0.15, -0.1) is 0 Å². The Bertz CT molecular complexity index is 342. The summed E-state index contributed by atoms with van der Waals surface area (Å²) >= 11 is 6.17. The third kappa shape index (κ3) is 3.58. The standard InChI is InChI=1S/C12H19ClN2O/c1-9(14)6-7-15(2)12-5-4-10(16-3)8-11(12)13/h4-5,8-9H,6-7,14H2,1-3H3. The van der Waals surface area contributed by atoms with Crippen molar-refractivity contribution in [1.82, 2.24) is 0 Å². The van der Waals surface area contributed by atoms with E-state index in [1.54, 1.807) is 7.11 Å². The monoisotopic (exact) mass is 242 g/mol. The number of nitrogens with two attached hydrogens (primary N) is 1. The minimum absolute atomic E-state index is 0.208. The molecule has 0 saturated carbocycles. The zero-order chi connectivity index (χ0) is 12.1. The maximum Gasteiger partial charge on any atom is 0.120 e. The molecule has 0 aromatic heterocycles. The van der Waals surface area contributed by atoms with Crippen molar-refractivity contribution >= 4 is 17.3 Å². The number of benzene rings is 1. The summed E-state index contributed by atoms with van der Waals surface area (Å²) < 4.78 is 5.10. The van der Waals surface area contributed by atoms with E-state index in [1.807, 2.05) is 32.2 Å². The number of rotatable bonds is 5. The maximum absolute atomic E-state index is 6.17. The summed E-state index contributed by atoms with van der Waals surface area (Å²) in [7, 11) is 3.64. The van der Waals surface area contributed by atoms with Crippen LogP contribution < -0.4 is 15.4 Å². The molecule has 3 nitrogen and oxygen atoms in total. The molecule has 0 aliphatic heterocycles.